The molecule has 0 amide bonds. The summed E-state index contributed by atoms with van der Waals surface area (Å²) in [5, 5.41) is 1.22. The average Bonchev–Trinajstić information content (AvgIpc) is 2.65. The Morgan fingerprint density at radius 1 is 0.769 bits per heavy atom. The molecule has 0 aliphatic rings. The molecule has 0 aliphatic heterocycles. The second kappa shape index (κ2) is 8.42. The average molecular weight is 362 g/mol. The summed E-state index contributed by atoms with van der Waals surface area (Å²) in [6, 6.07) is 4.80. The predicted molar refractivity (Wildman–Crippen MR) is 95.5 cm³/mol. The highest BCUT2D eigenvalue weighted by atomic mass is 16.5. The zero-order valence-electron chi connectivity index (χ0n) is 15.5. The highest BCUT2D eigenvalue weighted by molar-refractivity contribution is 6.09. The van der Waals surface area contributed by atoms with Crippen LogP contribution in [0.1, 0.15) is 34.6 Å². The minimum absolute atomic E-state index is 0.100. The highest BCUT2D eigenvalue weighted by Crippen LogP contribution is 2.44. The molecule has 26 heavy (non-hydrogen) atoms. The van der Waals surface area contributed by atoms with Gasteiger partial charge in [-0.15, -0.1) is 0 Å². The van der Waals surface area contributed by atoms with Gasteiger partial charge in [0, 0.05) is 5.39 Å². The van der Waals surface area contributed by atoms with E-state index >= 15 is 0 Å². The molecule has 0 aromatic heterocycles. The van der Waals surface area contributed by atoms with Gasteiger partial charge < -0.3 is 23.7 Å². The number of hydrogen-bond donors (Lipinski definition) is 0. The standard InChI is InChI=1S/C19H22O7/c1-6-25-18(20)13-8-11-9-15(22-3)17(24-5)16(23-4)12(11)10-14(13)19(21)26-7-2/h8-10H,6-7H2,1-5H3. The van der Waals surface area contributed by atoms with Gasteiger partial charge in [-0.2, -0.15) is 0 Å². The molecule has 0 fully saturated rings. The molecule has 140 valence electrons. The number of fused-ring (bicyclic) bond motifs is 1. The van der Waals surface area contributed by atoms with Crippen molar-refractivity contribution in [3.05, 3.63) is 29.3 Å². The van der Waals surface area contributed by atoms with Gasteiger partial charge in [-0.3, -0.25) is 0 Å². The Labute approximate surface area is 151 Å². The summed E-state index contributed by atoms with van der Waals surface area (Å²) < 4.78 is 26.3. The molecule has 0 bridgehead atoms. The number of rotatable bonds is 7. The van der Waals surface area contributed by atoms with Crippen LogP contribution >= 0.6 is 0 Å². The Morgan fingerprint density at radius 2 is 1.31 bits per heavy atom. The fourth-order valence-electron chi connectivity index (χ4n) is 2.68. The molecule has 0 radical (unpaired) electrons. The van der Waals surface area contributed by atoms with E-state index in [1.165, 1.54) is 21.3 Å². The van der Waals surface area contributed by atoms with Crippen LogP contribution < -0.4 is 14.2 Å². The summed E-state index contributed by atoms with van der Waals surface area (Å²) in [6.07, 6.45) is 0. The molecule has 0 spiro atoms. The van der Waals surface area contributed by atoms with Gasteiger partial charge in [-0.25, -0.2) is 9.59 Å². The molecule has 0 unspecified atom stereocenters. The molecule has 7 heteroatoms. The van der Waals surface area contributed by atoms with Gasteiger partial charge in [0.05, 0.1) is 45.7 Å². The van der Waals surface area contributed by atoms with Crippen molar-refractivity contribution in [2.75, 3.05) is 34.5 Å². The lowest BCUT2D eigenvalue weighted by Gasteiger charge is -2.16. The van der Waals surface area contributed by atoms with Gasteiger partial charge in [0.1, 0.15) is 0 Å². The molecule has 0 saturated carbocycles. The summed E-state index contributed by atoms with van der Waals surface area (Å²) in [4.78, 5) is 24.7. The van der Waals surface area contributed by atoms with Crippen molar-refractivity contribution in [1.29, 1.82) is 0 Å². The zero-order valence-corrected chi connectivity index (χ0v) is 15.5. The Bertz CT molecular complexity index is 826. The van der Waals surface area contributed by atoms with E-state index in [0.29, 0.717) is 28.0 Å². The number of benzene rings is 2. The maximum atomic E-state index is 12.4. The first kappa shape index (κ1) is 19.4. The number of esters is 2. The summed E-state index contributed by atoms with van der Waals surface area (Å²) in [7, 11) is 4.48. The lowest BCUT2D eigenvalue weighted by Crippen LogP contribution is -2.14. The van der Waals surface area contributed by atoms with E-state index in [2.05, 4.69) is 0 Å². The maximum absolute atomic E-state index is 12.4. The van der Waals surface area contributed by atoms with Crippen molar-refractivity contribution in [3.8, 4) is 17.2 Å². The van der Waals surface area contributed by atoms with Crippen molar-refractivity contribution in [2.24, 2.45) is 0 Å². The van der Waals surface area contributed by atoms with E-state index in [-0.39, 0.29) is 24.3 Å². The quantitative estimate of drug-likeness (QED) is 0.700. The fourth-order valence-corrected chi connectivity index (χ4v) is 2.68. The SMILES string of the molecule is CCOC(=O)c1cc2cc(OC)c(OC)c(OC)c2cc1C(=O)OCC. The van der Waals surface area contributed by atoms with Crippen LogP contribution in [0, 0.1) is 0 Å². The van der Waals surface area contributed by atoms with E-state index < -0.39 is 11.9 Å². The molecular formula is C19H22O7. The van der Waals surface area contributed by atoms with Crippen LogP contribution in [0.2, 0.25) is 0 Å². The molecule has 0 heterocycles. The van der Waals surface area contributed by atoms with Gasteiger partial charge in [-0.05, 0) is 37.4 Å². The highest BCUT2D eigenvalue weighted by Gasteiger charge is 2.24. The first-order chi connectivity index (χ1) is 12.5. The van der Waals surface area contributed by atoms with Crippen LogP contribution in [0.15, 0.2) is 18.2 Å². The van der Waals surface area contributed by atoms with Crippen LogP contribution in [0.4, 0.5) is 0 Å². The Morgan fingerprint density at radius 3 is 1.77 bits per heavy atom. The third kappa shape index (κ3) is 3.51. The Balaban J connectivity index is 2.83. The largest absolute Gasteiger partial charge is 0.493 e. The van der Waals surface area contributed by atoms with Crippen molar-refractivity contribution in [1.82, 2.24) is 0 Å². The van der Waals surface area contributed by atoms with Crippen molar-refractivity contribution in [2.45, 2.75) is 13.8 Å². The first-order valence-electron chi connectivity index (χ1n) is 8.13. The molecule has 2 aromatic rings. The summed E-state index contributed by atoms with van der Waals surface area (Å²) >= 11 is 0. The van der Waals surface area contributed by atoms with Gasteiger partial charge in [0.25, 0.3) is 0 Å². The lowest BCUT2D eigenvalue weighted by atomic mass is 9.99. The molecule has 0 saturated heterocycles. The molecular weight excluding hydrogens is 340 g/mol. The molecule has 0 N–H and O–H groups in total. The van der Waals surface area contributed by atoms with Gasteiger partial charge in [-0.1, -0.05) is 0 Å². The third-order valence-electron chi connectivity index (χ3n) is 3.77. The monoisotopic (exact) mass is 362 g/mol. The van der Waals surface area contributed by atoms with Gasteiger partial charge >= 0.3 is 11.9 Å². The van der Waals surface area contributed by atoms with Crippen LogP contribution in [-0.2, 0) is 9.47 Å². The summed E-state index contributed by atoms with van der Waals surface area (Å²) in [5.41, 5.74) is 0.218. The van der Waals surface area contributed by atoms with Gasteiger partial charge in [0.2, 0.25) is 5.75 Å². The normalized spacial score (nSPS) is 10.3. The van der Waals surface area contributed by atoms with E-state index in [0.717, 1.165) is 0 Å². The number of ether oxygens (including phenoxy) is 5. The molecule has 0 atom stereocenters. The second-order valence-corrected chi connectivity index (χ2v) is 5.21. The second-order valence-electron chi connectivity index (χ2n) is 5.21. The predicted octanol–water partition coefficient (Wildman–Crippen LogP) is 3.22. The first-order valence-corrected chi connectivity index (χ1v) is 8.13. The Hall–Kier alpha value is -2.96. The van der Waals surface area contributed by atoms with Crippen LogP contribution in [0.25, 0.3) is 10.8 Å². The minimum atomic E-state index is -0.616. The summed E-state index contributed by atoms with van der Waals surface area (Å²) in [6.45, 7) is 3.76. The lowest BCUT2D eigenvalue weighted by molar-refractivity contribution is 0.0479. The molecule has 0 aliphatic carbocycles. The summed E-state index contributed by atoms with van der Waals surface area (Å²) in [5.74, 6) is 0.0000373. The van der Waals surface area contributed by atoms with Crippen LogP contribution in [0.3, 0.4) is 0 Å². The van der Waals surface area contributed by atoms with Gasteiger partial charge in [0.15, 0.2) is 11.5 Å². The molecule has 2 rings (SSSR count). The Kier molecular flexibility index (Phi) is 6.27. The maximum Gasteiger partial charge on any atom is 0.339 e. The number of carbonyl (C=O) groups is 2. The number of carbonyl (C=O) groups excluding carboxylic acids is 2. The number of methoxy groups -OCH3 is 3. The van der Waals surface area contributed by atoms with Crippen LogP contribution in [0.5, 0.6) is 17.2 Å². The molecule has 2 aromatic carbocycles. The van der Waals surface area contributed by atoms with E-state index in [9.17, 15) is 9.59 Å². The molecule has 7 nitrogen and oxygen atoms in total. The van der Waals surface area contributed by atoms with Crippen molar-refractivity contribution in [3.63, 3.8) is 0 Å². The smallest absolute Gasteiger partial charge is 0.339 e. The van der Waals surface area contributed by atoms with Crippen molar-refractivity contribution < 1.29 is 33.3 Å². The van der Waals surface area contributed by atoms with Crippen LogP contribution in [-0.4, -0.2) is 46.5 Å². The van der Waals surface area contributed by atoms with E-state index in [1.807, 2.05) is 0 Å². The third-order valence-corrected chi connectivity index (χ3v) is 3.77. The van der Waals surface area contributed by atoms with E-state index in [4.69, 9.17) is 23.7 Å². The number of hydrogen-bond acceptors (Lipinski definition) is 7. The topological polar surface area (TPSA) is 80.3 Å². The minimum Gasteiger partial charge on any atom is -0.493 e. The zero-order chi connectivity index (χ0) is 19.3. The van der Waals surface area contributed by atoms with Crippen molar-refractivity contribution >= 4 is 22.7 Å². The van der Waals surface area contributed by atoms with E-state index in [1.54, 1.807) is 32.0 Å². The fraction of sp³-hybridized carbons (Fsp3) is 0.368.